The average Bonchev–Trinajstić information content (AvgIpc) is 3.31. The molecule has 0 unspecified atom stereocenters. The molecule has 0 saturated carbocycles. The summed E-state index contributed by atoms with van der Waals surface area (Å²) in [5.41, 5.74) is 2.22. The predicted molar refractivity (Wildman–Crippen MR) is 124 cm³/mol. The second-order valence-corrected chi connectivity index (χ2v) is 7.31. The van der Waals surface area contributed by atoms with E-state index in [4.69, 9.17) is 25.5 Å². The van der Waals surface area contributed by atoms with Crippen LogP contribution >= 0.6 is 11.6 Å². The molecule has 0 atom stereocenters. The second kappa shape index (κ2) is 9.21. The number of ether oxygens (including phenoxy) is 2. The van der Waals surface area contributed by atoms with Crippen molar-refractivity contribution in [3.05, 3.63) is 63.4 Å². The van der Waals surface area contributed by atoms with Crippen molar-refractivity contribution in [3.8, 4) is 11.5 Å². The van der Waals surface area contributed by atoms with Gasteiger partial charge in [0.2, 0.25) is 17.7 Å². The van der Waals surface area contributed by atoms with E-state index < -0.39 is 11.7 Å². The van der Waals surface area contributed by atoms with Gasteiger partial charge < -0.3 is 18.5 Å². The highest BCUT2D eigenvalue weighted by Gasteiger charge is 2.15. The lowest BCUT2D eigenvalue weighted by molar-refractivity contribution is -0.117. The van der Waals surface area contributed by atoms with Crippen molar-refractivity contribution in [2.45, 2.75) is 6.54 Å². The zero-order chi connectivity index (χ0) is 23.5. The van der Waals surface area contributed by atoms with Gasteiger partial charge in [-0.3, -0.25) is 10.1 Å². The number of benzene rings is 2. The van der Waals surface area contributed by atoms with Gasteiger partial charge in [0, 0.05) is 13.1 Å². The van der Waals surface area contributed by atoms with Crippen LogP contribution in [-0.4, -0.2) is 39.5 Å². The smallest absolute Gasteiger partial charge is 0.437 e. The molecule has 0 spiro atoms. The van der Waals surface area contributed by atoms with Crippen LogP contribution in [0.25, 0.3) is 23.2 Å². The van der Waals surface area contributed by atoms with Crippen molar-refractivity contribution < 1.29 is 18.7 Å². The highest BCUT2D eigenvalue weighted by molar-refractivity contribution is 6.34. The standard InChI is InChI=1S/C22H20ClN5O5/c1-27-15-7-5-4-6-14(15)24-21(27)25-17(29)12-28-22(30)33-18(26-28)11-9-13-8-10-16(31-2)20(32-3)19(13)23/h4-11H,12H2,1-3H3,(H,24,25,29). The molecule has 170 valence electrons. The lowest BCUT2D eigenvalue weighted by Gasteiger charge is -2.10. The number of carbonyl (C=O) groups is 1. The molecule has 0 radical (unpaired) electrons. The Balaban J connectivity index is 1.49. The number of hydrogen-bond acceptors (Lipinski definition) is 7. The Bertz CT molecular complexity index is 1420. The molecule has 10 nitrogen and oxygen atoms in total. The molecule has 0 aliphatic rings. The van der Waals surface area contributed by atoms with Gasteiger partial charge >= 0.3 is 5.76 Å². The van der Waals surface area contributed by atoms with Crippen LogP contribution in [0.2, 0.25) is 5.02 Å². The number of imidazole rings is 1. The lowest BCUT2D eigenvalue weighted by atomic mass is 10.2. The van der Waals surface area contributed by atoms with E-state index in [-0.39, 0.29) is 12.4 Å². The topological polar surface area (TPSA) is 113 Å². The largest absolute Gasteiger partial charge is 0.493 e. The molecular formula is C22H20ClN5O5. The molecule has 2 heterocycles. The van der Waals surface area contributed by atoms with Crippen molar-refractivity contribution in [3.63, 3.8) is 0 Å². The van der Waals surface area contributed by atoms with Gasteiger partial charge in [0.25, 0.3) is 0 Å². The van der Waals surface area contributed by atoms with Gasteiger partial charge in [0.15, 0.2) is 11.5 Å². The maximum absolute atomic E-state index is 12.5. The molecule has 0 fully saturated rings. The van der Waals surface area contributed by atoms with Crippen molar-refractivity contribution in [1.82, 2.24) is 19.3 Å². The van der Waals surface area contributed by atoms with E-state index >= 15 is 0 Å². The Morgan fingerprint density at radius 2 is 1.97 bits per heavy atom. The Morgan fingerprint density at radius 1 is 1.18 bits per heavy atom. The molecule has 0 aliphatic heterocycles. The van der Waals surface area contributed by atoms with E-state index in [1.165, 1.54) is 20.3 Å². The number of aromatic nitrogens is 4. The number of rotatable bonds is 7. The molecule has 0 saturated heterocycles. The molecular weight excluding hydrogens is 450 g/mol. The summed E-state index contributed by atoms with van der Waals surface area (Å²) in [5, 5.41) is 7.06. The lowest BCUT2D eigenvalue weighted by Crippen LogP contribution is -2.26. The molecule has 11 heteroatoms. The number of hydrogen-bond donors (Lipinski definition) is 1. The van der Waals surface area contributed by atoms with Gasteiger partial charge in [-0.25, -0.2) is 9.78 Å². The minimum absolute atomic E-state index is 0.0152. The van der Waals surface area contributed by atoms with E-state index in [2.05, 4.69) is 15.4 Å². The summed E-state index contributed by atoms with van der Waals surface area (Å²) < 4.78 is 18.3. The number of fused-ring (bicyclic) bond motifs is 1. The number of halogens is 1. The van der Waals surface area contributed by atoms with Crippen molar-refractivity contribution in [2.75, 3.05) is 19.5 Å². The summed E-state index contributed by atoms with van der Waals surface area (Å²) in [5.74, 6) is 0.00631. The molecule has 2 aromatic heterocycles. The van der Waals surface area contributed by atoms with Crippen LogP contribution in [0.15, 0.2) is 45.6 Å². The van der Waals surface area contributed by atoms with Gasteiger partial charge in [0.05, 0.1) is 30.3 Å². The summed E-state index contributed by atoms with van der Waals surface area (Å²) in [4.78, 5) is 29.0. The Hall–Kier alpha value is -4.05. The van der Waals surface area contributed by atoms with Crippen molar-refractivity contribution in [2.24, 2.45) is 7.05 Å². The molecule has 1 amide bonds. The zero-order valence-corrected chi connectivity index (χ0v) is 18.8. The second-order valence-electron chi connectivity index (χ2n) is 6.93. The number of aryl methyl sites for hydroxylation is 1. The van der Waals surface area contributed by atoms with Crippen LogP contribution in [0.4, 0.5) is 5.95 Å². The molecule has 0 aliphatic carbocycles. The van der Waals surface area contributed by atoms with Crippen LogP contribution in [0.1, 0.15) is 11.5 Å². The number of nitrogens with one attached hydrogen (secondary N) is 1. The number of para-hydroxylation sites is 2. The van der Waals surface area contributed by atoms with E-state index in [1.807, 2.05) is 24.3 Å². The fourth-order valence-electron chi connectivity index (χ4n) is 3.24. The third kappa shape index (κ3) is 4.46. The molecule has 1 N–H and O–H groups in total. The monoisotopic (exact) mass is 469 g/mol. The summed E-state index contributed by atoms with van der Waals surface area (Å²) in [6.07, 6.45) is 3.08. The molecule has 33 heavy (non-hydrogen) atoms. The number of nitrogens with zero attached hydrogens (tertiary/aromatic N) is 4. The van der Waals surface area contributed by atoms with Crippen LogP contribution in [0.3, 0.4) is 0 Å². The first-order valence-electron chi connectivity index (χ1n) is 9.79. The zero-order valence-electron chi connectivity index (χ0n) is 18.0. The molecule has 0 bridgehead atoms. The maximum atomic E-state index is 12.5. The van der Waals surface area contributed by atoms with Crippen LogP contribution in [0.5, 0.6) is 11.5 Å². The molecule has 4 rings (SSSR count). The molecule has 4 aromatic rings. The summed E-state index contributed by atoms with van der Waals surface area (Å²) >= 11 is 6.35. The van der Waals surface area contributed by atoms with Gasteiger partial charge in [-0.1, -0.05) is 23.7 Å². The Kier molecular flexibility index (Phi) is 6.18. The summed E-state index contributed by atoms with van der Waals surface area (Å²) in [6.45, 7) is -0.337. The third-order valence-electron chi connectivity index (χ3n) is 4.87. The van der Waals surface area contributed by atoms with Gasteiger partial charge in [0.1, 0.15) is 6.54 Å². The number of anilines is 1. The van der Waals surface area contributed by atoms with Crippen molar-refractivity contribution >= 4 is 46.6 Å². The van der Waals surface area contributed by atoms with Crippen LogP contribution < -0.4 is 20.5 Å². The van der Waals surface area contributed by atoms with Gasteiger partial charge in [-0.05, 0) is 35.9 Å². The first kappa shape index (κ1) is 22.2. The minimum Gasteiger partial charge on any atom is -0.493 e. The molecule has 2 aromatic carbocycles. The van der Waals surface area contributed by atoms with Crippen molar-refractivity contribution in [1.29, 1.82) is 0 Å². The quantitative estimate of drug-likeness (QED) is 0.442. The highest BCUT2D eigenvalue weighted by atomic mass is 35.5. The fraction of sp³-hybridized carbons (Fsp3) is 0.182. The number of amides is 1. The van der Waals surface area contributed by atoms with Crippen LogP contribution in [-0.2, 0) is 18.4 Å². The number of methoxy groups -OCH3 is 2. The first-order valence-corrected chi connectivity index (χ1v) is 10.2. The normalized spacial score (nSPS) is 11.3. The predicted octanol–water partition coefficient (Wildman–Crippen LogP) is 3.20. The third-order valence-corrected chi connectivity index (χ3v) is 5.26. The average molecular weight is 470 g/mol. The van der Waals surface area contributed by atoms with Gasteiger partial charge in [-0.15, -0.1) is 5.10 Å². The number of carbonyl (C=O) groups excluding carboxylic acids is 1. The highest BCUT2D eigenvalue weighted by Crippen LogP contribution is 2.37. The maximum Gasteiger partial charge on any atom is 0.437 e. The SMILES string of the molecule is COc1ccc(C=Cc2nn(CC(=O)Nc3nc4ccccc4n3C)c(=O)o2)c(Cl)c1OC. The Morgan fingerprint density at radius 3 is 2.70 bits per heavy atom. The van der Waals surface area contributed by atoms with Gasteiger partial charge in [-0.2, -0.15) is 4.68 Å². The van der Waals surface area contributed by atoms with E-state index in [0.29, 0.717) is 28.0 Å². The minimum atomic E-state index is -0.770. The van der Waals surface area contributed by atoms with E-state index in [0.717, 1.165) is 15.7 Å². The summed E-state index contributed by atoms with van der Waals surface area (Å²) in [7, 11) is 4.78. The first-order chi connectivity index (χ1) is 15.9. The van der Waals surface area contributed by atoms with E-state index in [1.54, 1.807) is 29.8 Å². The van der Waals surface area contributed by atoms with Crippen LogP contribution in [0, 0.1) is 0 Å². The van der Waals surface area contributed by atoms with E-state index in [9.17, 15) is 9.59 Å². The summed E-state index contributed by atoms with van der Waals surface area (Å²) in [6, 6.07) is 10.9. The Labute approximate surface area is 193 Å². The fourth-order valence-corrected chi connectivity index (χ4v) is 3.54.